The van der Waals surface area contributed by atoms with Crippen LogP contribution in [0.2, 0.25) is 0 Å². The second-order valence-electron chi connectivity index (χ2n) is 4.39. The summed E-state index contributed by atoms with van der Waals surface area (Å²) >= 11 is 0. The fourth-order valence-corrected chi connectivity index (χ4v) is 2.03. The van der Waals surface area contributed by atoms with Crippen LogP contribution in [0.15, 0.2) is 10.9 Å². The highest BCUT2D eigenvalue weighted by Gasteiger charge is 2.35. The highest BCUT2D eigenvalue weighted by atomic mass is 16.5. The summed E-state index contributed by atoms with van der Waals surface area (Å²) in [6.07, 6.45) is 2.20. The van der Waals surface area contributed by atoms with Gasteiger partial charge in [-0.05, 0) is 19.8 Å². The van der Waals surface area contributed by atoms with E-state index in [0.717, 1.165) is 0 Å². The topological polar surface area (TPSA) is 101 Å². The monoisotopic (exact) mass is 264 g/mol. The molecule has 0 bridgehead atoms. The third-order valence-electron chi connectivity index (χ3n) is 3.42. The van der Waals surface area contributed by atoms with Gasteiger partial charge in [-0.15, -0.1) is 0 Å². The highest BCUT2D eigenvalue weighted by Crippen LogP contribution is 2.28. The first-order valence-corrected chi connectivity index (χ1v) is 6.12. The molecule has 2 rings (SSSR count). The number of carbonyl (C=O) groups is 1. The number of carboxylic acids is 1. The van der Waals surface area contributed by atoms with Gasteiger partial charge in [-0.3, -0.25) is 0 Å². The summed E-state index contributed by atoms with van der Waals surface area (Å²) in [5, 5.41) is 16.9. The molecule has 0 aliphatic rings. The smallest absolute Gasteiger partial charge is 0.329 e. The van der Waals surface area contributed by atoms with Crippen LogP contribution in [-0.2, 0) is 4.79 Å². The van der Waals surface area contributed by atoms with Crippen LogP contribution in [0.5, 0.6) is 0 Å². The minimum atomic E-state index is -1.05. The summed E-state index contributed by atoms with van der Waals surface area (Å²) in [6, 6.07) is 0. The first-order valence-electron chi connectivity index (χ1n) is 6.12. The van der Waals surface area contributed by atoms with Crippen molar-refractivity contribution < 1.29 is 14.4 Å². The summed E-state index contributed by atoms with van der Waals surface area (Å²) in [7, 11) is 0. The summed E-state index contributed by atoms with van der Waals surface area (Å²) < 4.78 is 5.04. The maximum atomic E-state index is 11.5. The van der Waals surface area contributed by atoms with Crippen LogP contribution < -0.4 is 5.32 Å². The molecule has 102 valence electrons. The largest absolute Gasteiger partial charge is 0.480 e. The van der Waals surface area contributed by atoms with E-state index in [2.05, 4.69) is 20.4 Å². The molecule has 0 unspecified atom stereocenters. The normalized spacial score (nSPS) is 11.7. The van der Waals surface area contributed by atoms with Crippen LogP contribution in [0, 0.1) is 6.92 Å². The van der Waals surface area contributed by atoms with Crippen molar-refractivity contribution in [2.45, 2.75) is 39.2 Å². The van der Waals surface area contributed by atoms with Crippen LogP contribution in [0.3, 0.4) is 0 Å². The van der Waals surface area contributed by atoms with Crippen molar-refractivity contribution in [3.05, 3.63) is 12.0 Å². The quantitative estimate of drug-likeness (QED) is 0.851. The van der Waals surface area contributed by atoms with Gasteiger partial charge in [0.2, 0.25) is 0 Å². The molecule has 0 radical (unpaired) electrons. The summed E-state index contributed by atoms with van der Waals surface area (Å²) in [6.45, 7) is 5.41. The average molecular weight is 264 g/mol. The Bertz CT molecular complexity index is 604. The zero-order valence-corrected chi connectivity index (χ0v) is 11.1. The molecular formula is C12H16N4O3. The minimum Gasteiger partial charge on any atom is -0.480 e. The Labute approximate surface area is 110 Å². The highest BCUT2D eigenvalue weighted by molar-refractivity contribution is 5.91. The average Bonchev–Trinajstić information content (AvgIpc) is 2.78. The fourth-order valence-electron chi connectivity index (χ4n) is 2.03. The number of aromatic nitrogens is 3. The van der Waals surface area contributed by atoms with E-state index in [9.17, 15) is 9.90 Å². The van der Waals surface area contributed by atoms with Gasteiger partial charge >= 0.3 is 5.97 Å². The Morgan fingerprint density at radius 3 is 2.68 bits per heavy atom. The molecule has 0 aromatic carbocycles. The zero-order valence-electron chi connectivity index (χ0n) is 11.1. The number of carboxylic acid groups (broad SMARTS) is 1. The van der Waals surface area contributed by atoms with Gasteiger partial charge in [0, 0.05) is 0 Å². The molecule has 2 heterocycles. The molecule has 0 saturated heterocycles. The predicted octanol–water partition coefficient (Wildman–Crippen LogP) is 1.98. The van der Waals surface area contributed by atoms with Gasteiger partial charge in [-0.25, -0.2) is 9.78 Å². The second kappa shape index (κ2) is 4.83. The molecule has 2 N–H and O–H groups in total. The van der Waals surface area contributed by atoms with E-state index in [4.69, 9.17) is 4.52 Å². The van der Waals surface area contributed by atoms with Crippen molar-refractivity contribution in [3.8, 4) is 0 Å². The van der Waals surface area contributed by atoms with Crippen molar-refractivity contribution in [3.63, 3.8) is 0 Å². The lowest BCUT2D eigenvalue weighted by molar-refractivity contribution is -0.142. The van der Waals surface area contributed by atoms with Crippen LogP contribution in [0.1, 0.15) is 32.4 Å². The van der Waals surface area contributed by atoms with Crippen molar-refractivity contribution in [1.82, 2.24) is 15.1 Å². The van der Waals surface area contributed by atoms with E-state index in [1.807, 2.05) is 13.8 Å². The molecule has 19 heavy (non-hydrogen) atoms. The fraction of sp³-hybridized carbons (Fsp3) is 0.500. The van der Waals surface area contributed by atoms with Crippen LogP contribution in [0.4, 0.5) is 5.82 Å². The van der Waals surface area contributed by atoms with Gasteiger partial charge in [-0.1, -0.05) is 19.0 Å². The first kappa shape index (κ1) is 13.3. The molecule has 0 spiro atoms. The SMILES string of the molecule is CCC(CC)(Nc1ncnc2onc(C)c12)C(=O)O. The maximum absolute atomic E-state index is 11.5. The standard InChI is InChI=1S/C12H16N4O3/c1-4-12(5-2,11(17)18)15-9-8-7(3)16-19-10(8)14-6-13-9/h6H,4-5H2,1-3H3,(H,17,18)(H,13,14,15). The molecule has 7 heteroatoms. The van der Waals surface area contributed by atoms with Gasteiger partial charge in [0.15, 0.2) is 0 Å². The van der Waals surface area contributed by atoms with Crippen LogP contribution in [-0.4, -0.2) is 31.7 Å². The number of nitrogens with zero attached hydrogens (tertiary/aromatic N) is 3. The molecule has 0 aliphatic carbocycles. The minimum absolute atomic E-state index is 0.349. The number of aliphatic carboxylic acids is 1. The number of fused-ring (bicyclic) bond motifs is 1. The van der Waals surface area contributed by atoms with Crippen molar-refractivity contribution in [1.29, 1.82) is 0 Å². The Kier molecular flexibility index (Phi) is 3.37. The lowest BCUT2D eigenvalue weighted by atomic mass is 9.93. The third kappa shape index (κ3) is 2.11. The summed E-state index contributed by atoms with van der Waals surface area (Å²) in [5.74, 6) is -0.465. The van der Waals surface area contributed by atoms with Crippen LogP contribution >= 0.6 is 0 Å². The third-order valence-corrected chi connectivity index (χ3v) is 3.42. The first-order chi connectivity index (χ1) is 9.04. The van der Waals surface area contributed by atoms with Crippen LogP contribution in [0.25, 0.3) is 11.1 Å². The van der Waals surface area contributed by atoms with Gasteiger partial charge in [-0.2, -0.15) is 4.98 Å². The predicted molar refractivity (Wildman–Crippen MR) is 68.9 cm³/mol. The Morgan fingerprint density at radius 2 is 2.11 bits per heavy atom. The Morgan fingerprint density at radius 1 is 1.42 bits per heavy atom. The van der Waals surface area contributed by atoms with Gasteiger partial charge in [0.1, 0.15) is 23.1 Å². The van der Waals surface area contributed by atoms with E-state index in [1.54, 1.807) is 6.92 Å². The number of rotatable bonds is 5. The van der Waals surface area contributed by atoms with E-state index in [1.165, 1.54) is 6.33 Å². The molecular weight excluding hydrogens is 248 g/mol. The van der Waals surface area contributed by atoms with E-state index in [0.29, 0.717) is 35.5 Å². The van der Waals surface area contributed by atoms with E-state index < -0.39 is 11.5 Å². The molecule has 0 amide bonds. The Balaban J connectivity index is 2.50. The van der Waals surface area contributed by atoms with Crippen molar-refractivity contribution in [2.24, 2.45) is 0 Å². The number of nitrogens with one attached hydrogen (secondary N) is 1. The number of anilines is 1. The molecule has 0 saturated carbocycles. The van der Waals surface area contributed by atoms with E-state index >= 15 is 0 Å². The molecule has 2 aromatic rings. The molecule has 0 fully saturated rings. The number of hydrogen-bond donors (Lipinski definition) is 2. The molecule has 2 aromatic heterocycles. The summed E-state index contributed by atoms with van der Waals surface area (Å²) in [5.41, 5.74) is -0.0727. The maximum Gasteiger partial charge on any atom is 0.329 e. The molecule has 0 aliphatic heterocycles. The number of aryl methyl sites for hydroxylation is 1. The second-order valence-corrected chi connectivity index (χ2v) is 4.39. The molecule has 7 nitrogen and oxygen atoms in total. The lowest BCUT2D eigenvalue weighted by Gasteiger charge is -2.28. The van der Waals surface area contributed by atoms with Crippen molar-refractivity contribution >= 4 is 22.9 Å². The lowest BCUT2D eigenvalue weighted by Crippen LogP contribution is -2.45. The Hall–Kier alpha value is -2.18. The van der Waals surface area contributed by atoms with Crippen molar-refractivity contribution in [2.75, 3.05) is 5.32 Å². The molecule has 0 atom stereocenters. The van der Waals surface area contributed by atoms with Gasteiger partial charge in [0.25, 0.3) is 5.71 Å². The van der Waals surface area contributed by atoms with Gasteiger partial charge in [0.05, 0.1) is 5.69 Å². The number of hydrogen-bond acceptors (Lipinski definition) is 6. The summed E-state index contributed by atoms with van der Waals surface area (Å²) in [4.78, 5) is 19.6. The zero-order chi connectivity index (χ0) is 14.0. The van der Waals surface area contributed by atoms with E-state index in [-0.39, 0.29) is 0 Å². The van der Waals surface area contributed by atoms with Gasteiger partial charge < -0.3 is 14.9 Å².